The highest BCUT2D eigenvalue weighted by Crippen LogP contribution is 2.12. The molecule has 0 aromatic rings. The van der Waals surface area contributed by atoms with Crippen molar-refractivity contribution in [2.45, 2.75) is 12.5 Å². The van der Waals surface area contributed by atoms with Gasteiger partial charge in [0.25, 0.3) is 0 Å². The molecule has 0 N–H and O–H groups in total. The highest BCUT2D eigenvalue weighted by Gasteiger charge is 2.21. The van der Waals surface area contributed by atoms with Crippen LogP contribution in [0, 0.1) is 0 Å². The van der Waals surface area contributed by atoms with Crippen molar-refractivity contribution in [3.8, 4) is 0 Å². The molecular weight excluding hydrogens is 132 g/mol. The zero-order valence-electron chi connectivity index (χ0n) is 5.71. The number of carbonyl (C=O) groups excluding carboxylic acids is 1. The number of hydrogen-bond donors (Lipinski definition) is 0. The van der Waals surface area contributed by atoms with Gasteiger partial charge in [0, 0.05) is 12.5 Å². The molecule has 1 unspecified atom stereocenters. The average molecular weight is 142 g/mol. The first kappa shape index (κ1) is 7.28. The number of hydrogen-bond acceptors (Lipinski definition) is 3. The van der Waals surface area contributed by atoms with E-state index in [1.54, 1.807) is 0 Å². The second-order valence-corrected chi connectivity index (χ2v) is 2.12. The maximum atomic E-state index is 10.4. The molecule has 1 fully saturated rings. The molecule has 1 saturated heterocycles. The van der Waals surface area contributed by atoms with Crippen molar-refractivity contribution in [1.82, 2.24) is 0 Å². The summed E-state index contributed by atoms with van der Waals surface area (Å²) in [5.41, 5.74) is 0. The van der Waals surface area contributed by atoms with Crippen LogP contribution in [0.15, 0.2) is 12.7 Å². The number of ether oxygens (including phenoxy) is 2. The molecule has 1 rings (SSSR count). The van der Waals surface area contributed by atoms with E-state index < -0.39 is 0 Å². The van der Waals surface area contributed by atoms with Crippen LogP contribution in [0.1, 0.15) is 6.42 Å². The molecule has 0 radical (unpaired) electrons. The van der Waals surface area contributed by atoms with Crippen LogP contribution in [0.5, 0.6) is 0 Å². The number of rotatable bonds is 4. The van der Waals surface area contributed by atoms with Crippen molar-refractivity contribution in [1.29, 1.82) is 0 Å². The van der Waals surface area contributed by atoms with Gasteiger partial charge in [0.2, 0.25) is 0 Å². The van der Waals surface area contributed by atoms with E-state index in [4.69, 9.17) is 9.47 Å². The van der Waals surface area contributed by atoms with Crippen molar-refractivity contribution in [3.63, 3.8) is 0 Å². The molecular formula is C7H10O3. The van der Waals surface area contributed by atoms with Crippen LogP contribution in [0.3, 0.4) is 0 Å². The van der Waals surface area contributed by atoms with E-state index in [0.717, 1.165) is 19.1 Å². The Bertz CT molecular complexity index is 138. The molecule has 0 amide bonds. The maximum absolute atomic E-state index is 10.4. The quantitative estimate of drug-likeness (QED) is 0.326. The Morgan fingerprint density at radius 3 is 3.10 bits per heavy atom. The number of carbonyl (C=O) groups is 1. The summed E-state index contributed by atoms with van der Waals surface area (Å²) in [6.45, 7) is 4.52. The molecule has 3 nitrogen and oxygen atoms in total. The summed E-state index contributed by atoms with van der Waals surface area (Å²) in [4.78, 5) is 10.4. The predicted octanol–water partition coefficient (Wildman–Crippen LogP) is 0.504. The summed E-state index contributed by atoms with van der Waals surface area (Å²) in [6, 6.07) is 0. The van der Waals surface area contributed by atoms with E-state index in [9.17, 15) is 4.79 Å². The summed E-state index contributed by atoms with van der Waals surface area (Å²) in [6.07, 6.45) is 2.30. The highest BCUT2D eigenvalue weighted by molar-refractivity contribution is 5.81. The van der Waals surface area contributed by atoms with Crippen LogP contribution in [0.4, 0.5) is 0 Å². The van der Waals surface area contributed by atoms with Crippen LogP contribution in [-0.2, 0) is 14.3 Å². The fourth-order valence-corrected chi connectivity index (χ4v) is 0.585. The summed E-state index contributed by atoms with van der Waals surface area (Å²) in [5.74, 6) is -0.361. The van der Waals surface area contributed by atoms with Gasteiger partial charge in [-0.2, -0.15) is 0 Å². The van der Waals surface area contributed by atoms with Crippen LogP contribution in [0.25, 0.3) is 0 Å². The number of esters is 1. The lowest BCUT2D eigenvalue weighted by Crippen LogP contribution is -2.03. The third-order valence-corrected chi connectivity index (χ3v) is 1.25. The minimum Gasteiger partial charge on any atom is -0.462 e. The molecule has 10 heavy (non-hydrogen) atoms. The molecule has 56 valence electrons. The van der Waals surface area contributed by atoms with Gasteiger partial charge < -0.3 is 9.47 Å². The average Bonchev–Trinajstić information content (AvgIpc) is 2.71. The summed E-state index contributed by atoms with van der Waals surface area (Å²) < 4.78 is 9.61. The van der Waals surface area contributed by atoms with Crippen molar-refractivity contribution in [2.75, 3.05) is 13.2 Å². The Kier molecular flexibility index (Phi) is 2.45. The van der Waals surface area contributed by atoms with Gasteiger partial charge in [-0.25, -0.2) is 4.79 Å². The first-order valence-corrected chi connectivity index (χ1v) is 3.23. The Morgan fingerprint density at radius 2 is 2.60 bits per heavy atom. The Labute approximate surface area is 59.6 Å². The Morgan fingerprint density at radius 1 is 1.90 bits per heavy atom. The second kappa shape index (κ2) is 3.37. The molecule has 3 heteroatoms. The van der Waals surface area contributed by atoms with Crippen molar-refractivity contribution in [2.24, 2.45) is 0 Å². The zero-order chi connectivity index (χ0) is 7.40. The van der Waals surface area contributed by atoms with Crippen LogP contribution < -0.4 is 0 Å². The van der Waals surface area contributed by atoms with Crippen LogP contribution >= 0.6 is 0 Å². The van der Waals surface area contributed by atoms with E-state index in [2.05, 4.69) is 6.58 Å². The molecule has 0 aromatic carbocycles. The summed E-state index contributed by atoms with van der Waals surface area (Å²) >= 11 is 0. The maximum Gasteiger partial charge on any atom is 0.330 e. The van der Waals surface area contributed by atoms with Crippen molar-refractivity contribution in [3.05, 3.63) is 12.7 Å². The standard InChI is InChI=1S/C7H10O3/c1-2-7(8)9-4-3-6-5-10-6/h2,6H,1,3-5H2. The third-order valence-electron chi connectivity index (χ3n) is 1.25. The molecule has 1 atom stereocenters. The van der Waals surface area contributed by atoms with Gasteiger partial charge in [0.1, 0.15) is 0 Å². The van der Waals surface area contributed by atoms with Crippen LogP contribution in [0.2, 0.25) is 0 Å². The fourth-order valence-electron chi connectivity index (χ4n) is 0.585. The van der Waals surface area contributed by atoms with Gasteiger partial charge in [-0.3, -0.25) is 0 Å². The van der Waals surface area contributed by atoms with Gasteiger partial charge >= 0.3 is 5.97 Å². The van der Waals surface area contributed by atoms with Gasteiger partial charge in [0.05, 0.1) is 19.3 Å². The monoisotopic (exact) mass is 142 g/mol. The summed E-state index contributed by atoms with van der Waals surface area (Å²) in [7, 11) is 0. The third kappa shape index (κ3) is 2.64. The molecule has 0 spiro atoms. The minimum atomic E-state index is -0.361. The second-order valence-electron chi connectivity index (χ2n) is 2.12. The lowest BCUT2D eigenvalue weighted by molar-refractivity contribution is -0.137. The van der Waals surface area contributed by atoms with E-state index in [0.29, 0.717) is 12.7 Å². The predicted molar refractivity (Wildman–Crippen MR) is 35.5 cm³/mol. The first-order chi connectivity index (χ1) is 4.83. The van der Waals surface area contributed by atoms with Crippen LogP contribution in [-0.4, -0.2) is 25.3 Å². The molecule has 0 aromatic heterocycles. The lowest BCUT2D eigenvalue weighted by Gasteiger charge is -1.97. The molecule has 0 saturated carbocycles. The first-order valence-electron chi connectivity index (χ1n) is 3.23. The largest absolute Gasteiger partial charge is 0.462 e. The highest BCUT2D eigenvalue weighted by atomic mass is 16.6. The Balaban J connectivity index is 1.93. The van der Waals surface area contributed by atoms with Gasteiger partial charge in [-0.15, -0.1) is 0 Å². The number of epoxide rings is 1. The fraction of sp³-hybridized carbons (Fsp3) is 0.571. The minimum absolute atomic E-state index is 0.331. The van der Waals surface area contributed by atoms with Gasteiger partial charge in [0.15, 0.2) is 0 Å². The van der Waals surface area contributed by atoms with Gasteiger partial charge in [-0.05, 0) is 0 Å². The SMILES string of the molecule is C=CC(=O)OCCC1CO1. The van der Waals surface area contributed by atoms with E-state index >= 15 is 0 Å². The van der Waals surface area contributed by atoms with E-state index in [1.165, 1.54) is 0 Å². The topological polar surface area (TPSA) is 38.8 Å². The summed E-state index contributed by atoms with van der Waals surface area (Å²) in [5, 5.41) is 0. The zero-order valence-corrected chi connectivity index (χ0v) is 5.71. The van der Waals surface area contributed by atoms with Crippen molar-refractivity contribution >= 4 is 5.97 Å². The molecule has 0 aliphatic carbocycles. The lowest BCUT2D eigenvalue weighted by atomic mass is 10.3. The molecule has 0 bridgehead atoms. The molecule has 1 heterocycles. The van der Waals surface area contributed by atoms with E-state index in [1.807, 2.05) is 0 Å². The molecule has 1 aliphatic rings. The Hall–Kier alpha value is -0.830. The molecule has 1 aliphatic heterocycles. The normalized spacial score (nSPS) is 21.8. The van der Waals surface area contributed by atoms with Gasteiger partial charge in [-0.1, -0.05) is 6.58 Å². The van der Waals surface area contributed by atoms with Crippen molar-refractivity contribution < 1.29 is 14.3 Å². The van der Waals surface area contributed by atoms with E-state index in [-0.39, 0.29) is 5.97 Å². The smallest absolute Gasteiger partial charge is 0.330 e.